The maximum atomic E-state index is 12.0. The van der Waals surface area contributed by atoms with E-state index in [2.05, 4.69) is 0 Å². The molecular weight excluding hydrogens is 312 g/mol. The highest BCUT2D eigenvalue weighted by Crippen LogP contribution is 2.33. The summed E-state index contributed by atoms with van der Waals surface area (Å²) in [6, 6.07) is 4.27. The van der Waals surface area contributed by atoms with Gasteiger partial charge in [-0.25, -0.2) is 4.79 Å². The van der Waals surface area contributed by atoms with E-state index in [-0.39, 0.29) is 31.5 Å². The molecule has 1 aliphatic rings. The van der Waals surface area contributed by atoms with E-state index in [1.165, 1.54) is 4.90 Å². The minimum Gasteiger partial charge on any atom is -0.489 e. The Morgan fingerprint density at radius 3 is 2.91 bits per heavy atom. The SMILES string of the molecule is CCOC(=O)COc1ccc2c(c1)N(C)C(=O)[C@@H](N)CO2.Cl. The minimum absolute atomic E-state index is 0. The number of anilines is 1. The van der Waals surface area contributed by atoms with Crippen molar-refractivity contribution >= 4 is 30.0 Å². The molecule has 1 heterocycles. The van der Waals surface area contributed by atoms with Gasteiger partial charge in [0.05, 0.1) is 12.3 Å². The number of hydrogen-bond acceptors (Lipinski definition) is 6. The van der Waals surface area contributed by atoms with Crippen LogP contribution in [0.15, 0.2) is 18.2 Å². The molecule has 122 valence electrons. The fourth-order valence-electron chi connectivity index (χ4n) is 1.93. The summed E-state index contributed by atoms with van der Waals surface area (Å²) >= 11 is 0. The molecular formula is C14H19ClN2O5. The molecule has 2 rings (SSSR count). The van der Waals surface area contributed by atoms with E-state index in [1.807, 2.05) is 0 Å². The molecule has 1 aromatic rings. The number of hydrogen-bond donors (Lipinski definition) is 1. The van der Waals surface area contributed by atoms with Crippen LogP contribution in [0.1, 0.15) is 6.92 Å². The molecule has 0 spiro atoms. The Bertz CT molecular complexity index is 552. The van der Waals surface area contributed by atoms with Gasteiger partial charge in [0.25, 0.3) is 0 Å². The molecule has 22 heavy (non-hydrogen) atoms. The van der Waals surface area contributed by atoms with Crippen molar-refractivity contribution in [1.29, 1.82) is 0 Å². The second-order valence-electron chi connectivity index (χ2n) is 4.54. The van der Waals surface area contributed by atoms with Gasteiger partial charge >= 0.3 is 5.97 Å². The number of esters is 1. The van der Waals surface area contributed by atoms with Crippen molar-refractivity contribution in [1.82, 2.24) is 0 Å². The van der Waals surface area contributed by atoms with Gasteiger partial charge in [-0.05, 0) is 19.1 Å². The number of nitrogens with zero attached hydrogens (tertiary/aromatic N) is 1. The number of carbonyl (C=O) groups is 2. The van der Waals surface area contributed by atoms with E-state index in [9.17, 15) is 9.59 Å². The number of benzene rings is 1. The van der Waals surface area contributed by atoms with Gasteiger partial charge in [-0.15, -0.1) is 12.4 Å². The molecule has 0 saturated heterocycles. The Balaban J connectivity index is 0.00000242. The largest absolute Gasteiger partial charge is 0.489 e. The van der Waals surface area contributed by atoms with Gasteiger partial charge in [0.2, 0.25) is 5.91 Å². The maximum Gasteiger partial charge on any atom is 0.344 e. The average molecular weight is 331 g/mol. The van der Waals surface area contributed by atoms with Crippen LogP contribution in [0.3, 0.4) is 0 Å². The third kappa shape index (κ3) is 4.02. The number of halogens is 1. The van der Waals surface area contributed by atoms with Gasteiger partial charge in [0.15, 0.2) is 6.61 Å². The van der Waals surface area contributed by atoms with Crippen LogP contribution in [0.5, 0.6) is 11.5 Å². The van der Waals surface area contributed by atoms with Gasteiger partial charge in [0, 0.05) is 13.1 Å². The first-order chi connectivity index (χ1) is 10.0. The number of ether oxygens (including phenoxy) is 3. The Morgan fingerprint density at radius 1 is 1.50 bits per heavy atom. The van der Waals surface area contributed by atoms with Gasteiger partial charge in [-0.2, -0.15) is 0 Å². The molecule has 0 aliphatic carbocycles. The molecule has 1 atom stereocenters. The van der Waals surface area contributed by atoms with Crippen molar-refractivity contribution in [3.05, 3.63) is 18.2 Å². The predicted octanol–water partition coefficient (Wildman–Crippen LogP) is 0.733. The Labute approximate surface area is 134 Å². The number of carbonyl (C=O) groups excluding carboxylic acids is 2. The minimum atomic E-state index is -0.702. The van der Waals surface area contributed by atoms with Gasteiger partial charge in [-0.3, -0.25) is 4.79 Å². The van der Waals surface area contributed by atoms with Crippen LogP contribution in [0.4, 0.5) is 5.69 Å². The van der Waals surface area contributed by atoms with Crippen molar-refractivity contribution in [3.8, 4) is 11.5 Å². The fraction of sp³-hybridized carbons (Fsp3) is 0.429. The summed E-state index contributed by atoms with van der Waals surface area (Å²) in [5, 5.41) is 0. The summed E-state index contributed by atoms with van der Waals surface area (Å²) in [5.41, 5.74) is 6.26. The molecule has 1 aromatic carbocycles. The lowest BCUT2D eigenvalue weighted by molar-refractivity contribution is -0.145. The molecule has 0 aromatic heterocycles. The summed E-state index contributed by atoms with van der Waals surface area (Å²) in [5.74, 6) is 0.300. The summed E-state index contributed by atoms with van der Waals surface area (Å²) in [4.78, 5) is 24.7. The monoisotopic (exact) mass is 330 g/mol. The summed E-state index contributed by atoms with van der Waals surface area (Å²) in [7, 11) is 1.62. The normalized spacial score (nSPS) is 16.8. The van der Waals surface area contributed by atoms with Crippen LogP contribution in [0, 0.1) is 0 Å². The quantitative estimate of drug-likeness (QED) is 0.818. The average Bonchev–Trinajstić information content (AvgIpc) is 2.58. The lowest BCUT2D eigenvalue weighted by Crippen LogP contribution is -2.43. The van der Waals surface area contributed by atoms with Crippen LogP contribution in [-0.2, 0) is 14.3 Å². The Morgan fingerprint density at radius 2 is 2.23 bits per heavy atom. The Kier molecular flexibility index (Phi) is 6.45. The topological polar surface area (TPSA) is 91.1 Å². The molecule has 0 fully saturated rings. The standard InChI is InChI=1S/C14H18N2O5.ClH/c1-3-19-13(17)8-20-9-4-5-12-11(6-9)16(2)14(18)10(15)7-21-12;/h4-6,10H,3,7-8,15H2,1-2H3;1H/t10-;/m0./s1. The first kappa shape index (κ1) is 18.1. The van der Waals surface area contributed by atoms with Crippen molar-refractivity contribution < 1.29 is 23.8 Å². The van der Waals surface area contributed by atoms with E-state index in [0.29, 0.717) is 23.8 Å². The number of nitrogens with two attached hydrogens (primary N) is 1. The number of rotatable bonds is 4. The third-order valence-corrected chi connectivity index (χ3v) is 3.02. The maximum absolute atomic E-state index is 12.0. The smallest absolute Gasteiger partial charge is 0.344 e. The lowest BCUT2D eigenvalue weighted by Gasteiger charge is -2.18. The second kappa shape index (κ2) is 7.86. The molecule has 0 saturated carbocycles. The van der Waals surface area contributed by atoms with E-state index < -0.39 is 12.0 Å². The zero-order valence-corrected chi connectivity index (χ0v) is 13.2. The van der Waals surface area contributed by atoms with Crippen molar-refractivity contribution in [2.75, 3.05) is 31.8 Å². The van der Waals surface area contributed by atoms with E-state index in [0.717, 1.165) is 0 Å². The van der Waals surface area contributed by atoms with E-state index in [1.54, 1.807) is 32.2 Å². The fourth-order valence-corrected chi connectivity index (χ4v) is 1.93. The van der Waals surface area contributed by atoms with E-state index >= 15 is 0 Å². The molecule has 0 radical (unpaired) electrons. The molecule has 2 N–H and O–H groups in total. The highest BCUT2D eigenvalue weighted by molar-refractivity contribution is 5.98. The zero-order valence-electron chi connectivity index (χ0n) is 12.4. The Hall–Kier alpha value is -1.99. The van der Waals surface area contributed by atoms with Gasteiger partial charge < -0.3 is 24.8 Å². The van der Waals surface area contributed by atoms with Crippen molar-refractivity contribution in [2.24, 2.45) is 5.73 Å². The highest BCUT2D eigenvalue weighted by Gasteiger charge is 2.26. The number of fused-ring (bicyclic) bond motifs is 1. The summed E-state index contributed by atoms with van der Waals surface area (Å²) < 4.78 is 15.6. The molecule has 0 bridgehead atoms. The molecule has 1 amide bonds. The number of likely N-dealkylation sites (N-methyl/N-ethyl adjacent to an activating group) is 1. The predicted molar refractivity (Wildman–Crippen MR) is 82.7 cm³/mol. The molecule has 1 aliphatic heterocycles. The second-order valence-corrected chi connectivity index (χ2v) is 4.54. The number of amides is 1. The van der Waals surface area contributed by atoms with Crippen LogP contribution < -0.4 is 20.1 Å². The third-order valence-electron chi connectivity index (χ3n) is 3.02. The molecule has 0 unspecified atom stereocenters. The van der Waals surface area contributed by atoms with Crippen LogP contribution in [0.25, 0.3) is 0 Å². The van der Waals surface area contributed by atoms with Crippen molar-refractivity contribution in [2.45, 2.75) is 13.0 Å². The van der Waals surface area contributed by atoms with E-state index in [4.69, 9.17) is 19.9 Å². The molecule has 7 nitrogen and oxygen atoms in total. The first-order valence-electron chi connectivity index (χ1n) is 6.61. The molecule has 8 heteroatoms. The summed E-state index contributed by atoms with van der Waals surface area (Å²) in [6.07, 6.45) is 0. The highest BCUT2D eigenvalue weighted by atomic mass is 35.5. The van der Waals surface area contributed by atoms with Crippen LogP contribution in [-0.4, -0.2) is 44.8 Å². The lowest BCUT2D eigenvalue weighted by atomic mass is 10.2. The van der Waals surface area contributed by atoms with Gasteiger partial charge in [0.1, 0.15) is 24.1 Å². The van der Waals surface area contributed by atoms with Crippen LogP contribution >= 0.6 is 12.4 Å². The van der Waals surface area contributed by atoms with Crippen molar-refractivity contribution in [3.63, 3.8) is 0 Å². The zero-order chi connectivity index (χ0) is 15.4. The van der Waals surface area contributed by atoms with Gasteiger partial charge in [-0.1, -0.05) is 0 Å². The summed E-state index contributed by atoms with van der Waals surface area (Å²) in [6.45, 7) is 1.96. The first-order valence-corrected chi connectivity index (χ1v) is 6.61. The van der Waals surface area contributed by atoms with Crippen LogP contribution in [0.2, 0.25) is 0 Å².